The summed E-state index contributed by atoms with van der Waals surface area (Å²) in [6.45, 7) is -0.0750. The zero-order valence-corrected chi connectivity index (χ0v) is 12.3. The normalized spacial score (nSPS) is 9.71. The summed E-state index contributed by atoms with van der Waals surface area (Å²) in [4.78, 5) is 12.8. The Morgan fingerprint density at radius 1 is 1.29 bits per heavy atom. The predicted molar refractivity (Wildman–Crippen MR) is 83.5 cm³/mol. The number of rotatable bonds is 5. The second-order valence-corrected chi connectivity index (χ2v) is 5.03. The average Bonchev–Trinajstić information content (AvgIpc) is 2.53. The summed E-state index contributed by atoms with van der Waals surface area (Å²) in [5, 5.41) is 11.5. The van der Waals surface area contributed by atoms with E-state index in [0.717, 1.165) is 4.90 Å². The van der Waals surface area contributed by atoms with E-state index in [9.17, 15) is 4.79 Å². The van der Waals surface area contributed by atoms with Gasteiger partial charge in [0.2, 0.25) is 0 Å². The minimum atomic E-state index is -0.263. The summed E-state index contributed by atoms with van der Waals surface area (Å²) in [6, 6.07) is 16.3. The molecule has 0 bridgehead atoms. The molecule has 5 heteroatoms. The Morgan fingerprint density at radius 2 is 2.10 bits per heavy atom. The molecule has 21 heavy (non-hydrogen) atoms. The van der Waals surface area contributed by atoms with Gasteiger partial charge in [-0.3, -0.25) is 4.79 Å². The van der Waals surface area contributed by atoms with Crippen molar-refractivity contribution < 1.29 is 9.53 Å². The van der Waals surface area contributed by atoms with Gasteiger partial charge in [0, 0.05) is 10.6 Å². The minimum absolute atomic E-state index is 0.0750. The van der Waals surface area contributed by atoms with Crippen molar-refractivity contribution in [1.82, 2.24) is 0 Å². The quantitative estimate of drug-likeness (QED) is 0.860. The van der Waals surface area contributed by atoms with Gasteiger partial charge in [-0.2, -0.15) is 5.26 Å². The molecular formula is C16H14N2O2S. The maximum absolute atomic E-state index is 11.9. The largest absolute Gasteiger partial charge is 0.483 e. The number of ether oxygens (including phenoxy) is 1. The van der Waals surface area contributed by atoms with Gasteiger partial charge in [0.05, 0.1) is 11.6 Å². The van der Waals surface area contributed by atoms with Crippen molar-refractivity contribution in [2.45, 2.75) is 4.90 Å². The van der Waals surface area contributed by atoms with Crippen molar-refractivity contribution in [1.29, 1.82) is 5.26 Å². The van der Waals surface area contributed by atoms with E-state index in [1.807, 2.05) is 36.6 Å². The summed E-state index contributed by atoms with van der Waals surface area (Å²) in [7, 11) is 0. The highest BCUT2D eigenvalue weighted by Gasteiger charge is 2.06. The first-order valence-electron chi connectivity index (χ1n) is 6.29. The molecule has 2 rings (SSSR count). The van der Waals surface area contributed by atoms with Crippen molar-refractivity contribution in [3.05, 3.63) is 54.1 Å². The smallest absolute Gasteiger partial charge is 0.262 e. The van der Waals surface area contributed by atoms with Gasteiger partial charge in [-0.15, -0.1) is 11.8 Å². The van der Waals surface area contributed by atoms with Crippen LogP contribution in [0.3, 0.4) is 0 Å². The molecule has 0 aromatic heterocycles. The molecule has 1 N–H and O–H groups in total. The van der Waals surface area contributed by atoms with Gasteiger partial charge in [0.25, 0.3) is 5.91 Å². The number of hydrogen-bond acceptors (Lipinski definition) is 4. The average molecular weight is 298 g/mol. The second-order valence-electron chi connectivity index (χ2n) is 4.18. The van der Waals surface area contributed by atoms with Gasteiger partial charge >= 0.3 is 0 Å². The number of carbonyl (C=O) groups is 1. The topological polar surface area (TPSA) is 62.1 Å². The molecule has 0 aliphatic heterocycles. The molecule has 0 radical (unpaired) electrons. The molecule has 0 fully saturated rings. The van der Waals surface area contributed by atoms with Crippen molar-refractivity contribution in [2.75, 3.05) is 18.2 Å². The third kappa shape index (κ3) is 4.26. The van der Waals surface area contributed by atoms with Crippen LogP contribution in [0, 0.1) is 11.3 Å². The van der Waals surface area contributed by atoms with Crippen LogP contribution in [0.2, 0.25) is 0 Å². The van der Waals surface area contributed by atoms with Gasteiger partial charge in [-0.1, -0.05) is 18.2 Å². The van der Waals surface area contributed by atoms with Gasteiger partial charge in [-0.25, -0.2) is 0 Å². The molecule has 0 saturated heterocycles. The fourth-order valence-corrected chi connectivity index (χ4v) is 2.29. The summed E-state index contributed by atoms with van der Waals surface area (Å²) in [5.41, 5.74) is 1.09. The van der Waals surface area contributed by atoms with E-state index in [4.69, 9.17) is 10.00 Å². The first-order valence-corrected chi connectivity index (χ1v) is 7.51. The number of carbonyl (C=O) groups excluding carboxylic acids is 1. The Morgan fingerprint density at radius 3 is 2.86 bits per heavy atom. The highest BCUT2D eigenvalue weighted by Crippen LogP contribution is 2.26. The number of nitrogens with zero attached hydrogens (tertiary/aromatic N) is 1. The SMILES string of the molecule is CSc1ccccc1OCC(=O)Nc1cccc(C#N)c1. The highest BCUT2D eigenvalue weighted by molar-refractivity contribution is 7.98. The van der Waals surface area contributed by atoms with Crippen molar-refractivity contribution >= 4 is 23.4 Å². The Balaban J connectivity index is 1.94. The summed E-state index contributed by atoms with van der Waals surface area (Å²) in [6.07, 6.45) is 1.95. The first-order chi connectivity index (χ1) is 10.2. The van der Waals surface area contributed by atoms with E-state index >= 15 is 0 Å². The van der Waals surface area contributed by atoms with Crippen LogP contribution in [0.5, 0.6) is 5.75 Å². The van der Waals surface area contributed by atoms with Crippen molar-refractivity contribution in [3.8, 4) is 11.8 Å². The Kier molecular flexibility index (Phi) is 5.24. The van der Waals surface area contributed by atoms with E-state index in [1.54, 1.807) is 36.0 Å². The van der Waals surface area contributed by atoms with Crippen LogP contribution in [0.15, 0.2) is 53.4 Å². The molecular weight excluding hydrogens is 284 g/mol. The Hall–Kier alpha value is -2.45. The number of anilines is 1. The van der Waals surface area contributed by atoms with Crippen LogP contribution in [-0.2, 0) is 4.79 Å². The standard InChI is InChI=1S/C16H14N2O2S/c1-21-15-8-3-2-7-14(15)20-11-16(19)18-13-6-4-5-12(9-13)10-17/h2-9H,11H2,1H3,(H,18,19). The van der Waals surface area contributed by atoms with Gasteiger partial charge in [0.15, 0.2) is 6.61 Å². The van der Waals surface area contributed by atoms with E-state index in [-0.39, 0.29) is 12.5 Å². The monoisotopic (exact) mass is 298 g/mol. The van der Waals surface area contributed by atoms with Crippen molar-refractivity contribution in [2.24, 2.45) is 0 Å². The number of benzene rings is 2. The second kappa shape index (κ2) is 7.36. The summed E-state index contributed by atoms with van der Waals surface area (Å²) in [5.74, 6) is 0.423. The molecule has 0 unspecified atom stereocenters. The van der Waals surface area contributed by atoms with E-state index in [2.05, 4.69) is 5.32 Å². The van der Waals surface area contributed by atoms with Crippen LogP contribution >= 0.6 is 11.8 Å². The molecule has 0 aliphatic rings. The molecule has 0 saturated carbocycles. The highest BCUT2D eigenvalue weighted by atomic mass is 32.2. The first kappa shape index (κ1) is 14.9. The molecule has 0 heterocycles. The molecule has 2 aromatic carbocycles. The molecule has 4 nitrogen and oxygen atoms in total. The maximum atomic E-state index is 11.9. The van der Waals surface area contributed by atoms with E-state index in [0.29, 0.717) is 17.0 Å². The zero-order valence-electron chi connectivity index (χ0n) is 11.5. The van der Waals surface area contributed by atoms with Crippen LogP contribution in [0.4, 0.5) is 5.69 Å². The van der Waals surface area contributed by atoms with Gasteiger partial charge in [-0.05, 0) is 36.6 Å². The summed E-state index contributed by atoms with van der Waals surface area (Å²) < 4.78 is 5.52. The summed E-state index contributed by atoms with van der Waals surface area (Å²) >= 11 is 1.56. The third-order valence-electron chi connectivity index (χ3n) is 2.70. The number of nitriles is 1. The van der Waals surface area contributed by atoms with Crippen LogP contribution in [-0.4, -0.2) is 18.8 Å². The van der Waals surface area contributed by atoms with Gasteiger partial charge < -0.3 is 10.1 Å². The maximum Gasteiger partial charge on any atom is 0.262 e. The fraction of sp³-hybridized carbons (Fsp3) is 0.125. The number of para-hydroxylation sites is 1. The van der Waals surface area contributed by atoms with Crippen LogP contribution < -0.4 is 10.1 Å². The lowest BCUT2D eigenvalue weighted by molar-refractivity contribution is -0.118. The van der Waals surface area contributed by atoms with E-state index in [1.165, 1.54) is 0 Å². The van der Waals surface area contributed by atoms with E-state index < -0.39 is 0 Å². The van der Waals surface area contributed by atoms with Gasteiger partial charge in [0.1, 0.15) is 5.75 Å². The minimum Gasteiger partial charge on any atom is -0.483 e. The molecule has 0 aliphatic carbocycles. The van der Waals surface area contributed by atoms with Crippen molar-refractivity contribution in [3.63, 3.8) is 0 Å². The third-order valence-corrected chi connectivity index (χ3v) is 3.48. The molecule has 0 atom stereocenters. The lowest BCUT2D eigenvalue weighted by Crippen LogP contribution is -2.20. The number of nitrogens with one attached hydrogen (secondary N) is 1. The van der Waals surface area contributed by atoms with Crippen LogP contribution in [0.1, 0.15) is 5.56 Å². The molecule has 1 amide bonds. The Labute approximate surface area is 127 Å². The van der Waals surface area contributed by atoms with Crippen LogP contribution in [0.25, 0.3) is 0 Å². The Bertz CT molecular complexity index is 680. The number of hydrogen-bond donors (Lipinski definition) is 1. The fourth-order valence-electron chi connectivity index (χ4n) is 1.74. The lowest BCUT2D eigenvalue weighted by atomic mass is 10.2. The molecule has 106 valence electrons. The molecule has 0 spiro atoms. The predicted octanol–water partition coefficient (Wildman–Crippen LogP) is 3.30. The molecule has 2 aromatic rings. The number of thioether (sulfide) groups is 1. The number of amides is 1. The zero-order chi connectivity index (χ0) is 15.1. The lowest BCUT2D eigenvalue weighted by Gasteiger charge is -2.10.